The molecule has 0 amide bonds. The second-order valence-corrected chi connectivity index (χ2v) is 4.01. The number of hydrogen-bond acceptors (Lipinski definition) is 1. The van der Waals surface area contributed by atoms with E-state index in [-0.39, 0.29) is 5.82 Å². The van der Waals surface area contributed by atoms with Crippen LogP contribution in [0.5, 0.6) is 0 Å². The van der Waals surface area contributed by atoms with E-state index in [0.717, 1.165) is 24.5 Å². The first-order chi connectivity index (χ1) is 8.13. The molecular weight excluding hydrogens is 217 g/mol. The normalized spacial score (nSPS) is 11.4. The molecule has 0 aliphatic carbocycles. The van der Waals surface area contributed by atoms with Gasteiger partial charge in [0.25, 0.3) is 0 Å². The Bertz CT molecular complexity index is 357. The summed E-state index contributed by atoms with van der Waals surface area (Å²) in [4.78, 5) is 6.42. The van der Waals surface area contributed by atoms with E-state index in [9.17, 15) is 4.39 Å². The Kier molecular flexibility index (Phi) is 5.46. The summed E-state index contributed by atoms with van der Waals surface area (Å²) in [6.45, 7) is 3.60. The third-order valence-corrected chi connectivity index (χ3v) is 2.33. The van der Waals surface area contributed by atoms with E-state index in [1.807, 2.05) is 25.9 Å². The topological polar surface area (TPSA) is 27.6 Å². The molecule has 3 nitrogen and oxygen atoms in total. The van der Waals surface area contributed by atoms with E-state index >= 15 is 0 Å². The molecule has 1 aromatic rings. The van der Waals surface area contributed by atoms with Gasteiger partial charge in [-0.3, -0.25) is 4.99 Å². The highest BCUT2D eigenvalue weighted by atomic mass is 19.1. The van der Waals surface area contributed by atoms with Crippen LogP contribution in [0, 0.1) is 5.82 Å². The first kappa shape index (κ1) is 13.5. The molecule has 0 heterocycles. The Morgan fingerprint density at radius 3 is 2.47 bits per heavy atom. The number of nitrogens with one attached hydrogen (secondary N) is 1. The highest BCUT2D eigenvalue weighted by Gasteiger charge is 1.99. The second kappa shape index (κ2) is 6.89. The summed E-state index contributed by atoms with van der Waals surface area (Å²) in [7, 11) is 3.92. The lowest BCUT2D eigenvalue weighted by atomic mass is 10.1. The predicted octanol–water partition coefficient (Wildman–Crippen LogP) is 1.90. The zero-order valence-corrected chi connectivity index (χ0v) is 10.7. The zero-order valence-electron chi connectivity index (χ0n) is 10.7. The smallest absolute Gasteiger partial charge is 0.193 e. The van der Waals surface area contributed by atoms with Gasteiger partial charge in [0.2, 0.25) is 0 Å². The lowest BCUT2D eigenvalue weighted by Crippen LogP contribution is -2.36. The van der Waals surface area contributed by atoms with Crippen LogP contribution in [-0.4, -0.2) is 38.0 Å². The van der Waals surface area contributed by atoms with E-state index in [2.05, 4.69) is 10.3 Å². The first-order valence-electron chi connectivity index (χ1n) is 5.83. The fraction of sp³-hybridized carbons (Fsp3) is 0.462. The molecule has 0 aliphatic rings. The van der Waals surface area contributed by atoms with E-state index in [1.165, 1.54) is 12.1 Å². The number of nitrogens with zero attached hydrogens (tertiary/aromatic N) is 2. The fourth-order valence-electron chi connectivity index (χ4n) is 1.46. The lowest BCUT2D eigenvalue weighted by molar-refractivity contribution is 0.583. The Balaban J connectivity index is 2.49. The Morgan fingerprint density at radius 2 is 1.94 bits per heavy atom. The van der Waals surface area contributed by atoms with Gasteiger partial charge >= 0.3 is 0 Å². The number of guanidine groups is 1. The number of benzene rings is 1. The van der Waals surface area contributed by atoms with Crippen molar-refractivity contribution in [2.45, 2.75) is 13.3 Å². The summed E-state index contributed by atoms with van der Waals surface area (Å²) in [5.41, 5.74) is 1.10. The van der Waals surface area contributed by atoms with Crippen LogP contribution in [0.2, 0.25) is 0 Å². The minimum absolute atomic E-state index is 0.195. The molecule has 0 saturated heterocycles. The lowest BCUT2D eigenvalue weighted by Gasteiger charge is -2.16. The van der Waals surface area contributed by atoms with Gasteiger partial charge in [-0.2, -0.15) is 0 Å². The van der Waals surface area contributed by atoms with Gasteiger partial charge in [-0.05, 0) is 31.0 Å². The van der Waals surface area contributed by atoms with Crippen LogP contribution < -0.4 is 5.32 Å². The zero-order chi connectivity index (χ0) is 12.7. The summed E-state index contributed by atoms with van der Waals surface area (Å²) in [5.74, 6) is 0.688. The van der Waals surface area contributed by atoms with Crippen molar-refractivity contribution in [3.05, 3.63) is 35.6 Å². The summed E-state index contributed by atoms with van der Waals surface area (Å²) >= 11 is 0. The summed E-state index contributed by atoms with van der Waals surface area (Å²) < 4.78 is 12.7. The maximum Gasteiger partial charge on any atom is 0.193 e. The van der Waals surface area contributed by atoms with Crippen LogP contribution in [0.25, 0.3) is 0 Å². The SMILES string of the molecule is CCNC(=NCCc1ccc(F)cc1)N(C)C. The third kappa shape index (κ3) is 4.85. The minimum Gasteiger partial charge on any atom is -0.357 e. The molecule has 0 saturated carbocycles. The van der Waals surface area contributed by atoms with Crippen LogP contribution in [0.3, 0.4) is 0 Å². The molecule has 0 spiro atoms. The number of aliphatic imine (C=N–C) groups is 1. The Labute approximate surface area is 102 Å². The molecule has 0 radical (unpaired) electrons. The molecule has 0 aliphatic heterocycles. The first-order valence-corrected chi connectivity index (χ1v) is 5.83. The average molecular weight is 237 g/mol. The van der Waals surface area contributed by atoms with Crippen molar-refractivity contribution < 1.29 is 4.39 Å². The molecule has 0 bridgehead atoms. The molecule has 0 atom stereocenters. The van der Waals surface area contributed by atoms with Crippen molar-refractivity contribution in [1.82, 2.24) is 10.2 Å². The van der Waals surface area contributed by atoms with Crippen LogP contribution in [0.15, 0.2) is 29.3 Å². The van der Waals surface area contributed by atoms with Gasteiger partial charge in [0, 0.05) is 27.2 Å². The predicted molar refractivity (Wildman–Crippen MR) is 69.8 cm³/mol. The maximum atomic E-state index is 12.7. The van der Waals surface area contributed by atoms with E-state index < -0.39 is 0 Å². The molecule has 1 N–H and O–H groups in total. The molecule has 94 valence electrons. The van der Waals surface area contributed by atoms with Gasteiger partial charge in [-0.25, -0.2) is 4.39 Å². The largest absolute Gasteiger partial charge is 0.357 e. The minimum atomic E-state index is -0.195. The molecule has 0 aromatic heterocycles. The van der Waals surface area contributed by atoms with Crippen molar-refractivity contribution in [2.75, 3.05) is 27.2 Å². The van der Waals surface area contributed by atoms with Crippen molar-refractivity contribution in [3.8, 4) is 0 Å². The van der Waals surface area contributed by atoms with Crippen molar-refractivity contribution in [3.63, 3.8) is 0 Å². The third-order valence-electron chi connectivity index (χ3n) is 2.33. The standard InChI is InChI=1S/C13H20FN3/c1-4-15-13(17(2)3)16-10-9-11-5-7-12(14)8-6-11/h5-8H,4,9-10H2,1-3H3,(H,15,16). The molecule has 1 rings (SSSR count). The number of halogens is 1. The van der Waals surface area contributed by atoms with E-state index in [4.69, 9.17) is 0 Å². The number of hydrogen-bond donors (Lipinski definition) is 1. The van der Waals surface area contributed by atoms with Crippen LogP contribution in [0.4, 0.5) is 4.39 Å². The molecule has 17 heavy (non-hydrogen) atoms. The summed E-state index contributed by atoms with van der Waals surface area (Å²) in [6, 6.07) is 6.56. The molecule has 1 aromatic carbocycles. The molecule has 4 heteroatoms. The second-order valence-electron chi connectivity index (χ2n) is 4.01. The highest BCUT2D eigenvalue weighted by Crippen LogP contribution is 2.03. The fourth-order valence-corrected chi connectivity index (χ4v) is 1.46. The quantitative estimate of drug-likeness (QED) is 0.640. The van der Waals surface area contributed by atoms with Gasteiger partial charge in [0.05, 0.1) is 0 Å². The molecular formula is C13H20FN3. The van der Waals surface area contributed by atoms with Crippen LogP contribution in [0.1, 0.15) is 12.5 Å². The molecule has 0 unspecified atom stereocenters. The number of rotatable bonds is 4. The monoisotopic (exact) mass is 237 g/mol. The summed E-state index contributed by atoms with van der Waals surface area (Å²) in [6.07, 6.45) is 0.822. The Morgan fingerprint density at radius 1 is 1.29 bits per heavy atom. The Hall–Kier alpha value is -1.58. The van der Waals surface area contributed by atoms with Gasteiger partial charge in [0.15, 0.2) is 5.96 Å². The van der Waals surface area contributed by atoms with E-state index in [1.54, 1.807) is 12.1 Å². The average Bonchev–Trinajstić information content (AvgIpc) is 2.30. The van der Waals surface area contributed by atoms with Crippen LogP contribution in [-0.2, 0) is 6.42 Å². The van der Waals surface area contributed by atoms with Gasteiger partial charge in [-0.1, -0.05) is 12.1 Å². The highest BCUT2D eigenvalue weighted by molar-refractivity contribution is 5.79. The van der Waals surface area contributed by atoms with Crippen molar-refractivity contribution >= 4 is 5.96 Å². The van der Waals surface area contributed by atoms with Crippen molar-refractivity contribution in [1.29, 1.82) is 0 Å². The summed E-state index contributed by atoms with van der Waals surface area (Å²) in [5, 5.41) is 3.19. The van der Waals surface area contributed by atoms with Gasteiger partial charge in [0.1, 0.15) is 5.82 Å². The van der Waals surface area contributed by atoms with Crippen LogP contribution >= 0.6 is 0 Å². The van der Waals surface area contributed by atoms with Gasteiger partial charge in [-0.15, -0.1) is 0 Å². The van der Waals surface area contributed by atoms with E-state index in [0.29, 0.717) is 6.54 Å². The van der Waals surface area contributed by atoms with Gasteiger partial charge < -0.3 is 10.2 Å². The maximum absolute atomic E-state index is 12.7. The van der Waals surface area contributed by atoms with Crippen molar-refractivity contribution in [2.24, 2.45) is 4.99 Å². The molecule has 0 fully saturated rings.